The Morgan fingerprint density at radius 2 is 2.43 bits per heavy atom. The van der Waals surface area contributed by atoms with Crippen LogP contribution in [0.1, 0.15) is 6.92 Å². The van der Waals surface area contributed by atoms with Gasteiger partial charge >= 0.3 is 5.69 Å². The molecule has 1 aromatic rings. The maximum Gasteiger partial charge on any atom is 0.343 e. The van der Waals surface area contributed by atoms with Gasteiger partial charge in [-0.2, -0.15) is 0 Å². The predicted molar refractivity (Wildman–Crippen MR) is 54.2 cm³/mol. The molecular weight excluding hydrogens is 204 g/mol. The summed E-state index contributed by atoms with van der Waals surface area (Å²) in [4.78, 5) is 11.0. The van der Waals surface area contributed by atoms with Crippen molar-refractivity contribution in [1.29, 1.82) is 0 Å². The monoisotopic (exact) mass is 218 g/mol. The van der Waals surface area contributed by atoms with E-state index in [0.717, 1.165) is 0 Å². The van der Waals surface area contributed by atoms with Gasteiger partial charge < -0.3 is 10.8 Å². The SMILES string of the molecule is CC(N)C(CO)Sc1n[nH]c(=O)n1C. The molecule has 0 bridgehead atoms. The third-order valence-electron chi connectivity index (χ3n) is 1.86. The summed E-state index contributed by atoms with van der Waals surface area (Å²) >= 11 is 1.29. The largest absolute Gasteiger partial charge is 0.395 e. The number of H-pyrrole nitrogens is 1. The number of rotatable bonds is 4. The zero-order valence-electron chi connectivity index (χ0n) is 8.10. The molecule has 80 valence electrons. The van der Waals surface area contributed by atoms with Crippen molar-refractivity contribution in [1.82, 2.24) is 14.8 Å². The Bertz CT molecular complexity index is 346. The first-order valence-corrected chi connectivity index (χ1v) is 5.08. The highest BCUT2D eigenvalue weighted by molar-refractivity contribution is 7.99. The highest BCUT2D eigenvalue weighted by atomic mass is 32.2. The normalized spacial score (nSPS) is 15.4. The average molecular weight is 218 g/mol. The molecule has 2 atom stereocenters. The first-order chi connectivity index (χ1) is 6.56. The Morgan fingerprint density at radius 3 is 2.79 bits per heavy atom. The minimum absolute atomic E-state index is 0.0383. The van der Waals surface area contributed by atoms with Crippen molar-refractivity contribution in [3.05, 3.63) is 10.5 Å². The maximum absolute atomic E-state index is 11.0. The van der Waals surface area contributed by atoms with E-state index in [-0.39, 0.29) is 23.6 Å². The number of nitrogens with one attached hydrogen (secondary N) is 1. The van der Waals surface area contributed by atoms with Crippen LogP contribution in [0.3, 0.4) is 0 Å². The molecule has 1 aromatic heterocycles. The van der Waals surface area contributed by atoms with Gasteiger partial charge in [0.05, 0.1) is 11.9 Å². The molecule has 0 saturated heterocycles. The molecular formula is C7H14N4O2S. The van der Waals surface area contributed by atoms with Gasteiger partial charge in [0.15, 0.2) is 5.16 Å². The first-order valence-electron chi connectivity index (χ1n) is 4.20. The third kappa shape index (κ3) is 2.37. The number of thioether (sulfide) groups is 1. The van der Waals surface area contributed by atoms with E-state index in [1.165, 1.54) is 16.3 Å². The molecule has 0 radical (unpaired) electrons. The van der Waals surface area contributed by atoms with Crippen molar-refractivity contribution in [2.45, 2.75) is 23.4 Å². The van der Waals surface area contributed by atoms with Crippen LogP contribution in [0, 0.1) is 0 Å². The van der Waals surface area contributed by atoms with Gasteiger partial charge in [-0.1, -0.05) is 11.8 Å². The molecule has 6 nitrogen and oxygen atoms in total. The minimum Gasteiger partial charge on any atom is -0.395 e. The van der Waals surface area contributed by atoms with E-state index in [0.29, 0.717) is 5.16 Å². The number of aromatic amines is 1. The van der Waals surface area contributed by atoms with Crippen molar-refractivity contribution in [2.24, 2.45) is 12.8 Å². The van der Waals surface area contributed by atoms with Gasteiger partial charge in [-0.05, 0) is 6.92 Å². The molecule has 1 rings (SSSR count). The van der Waals surface area contributed by atoms with Crippen molar-refractivity contribution >= 4 is 11.8 Å². The molecule has 0 aromatic carbocycles. The summed E-state index contributed by atoms with van der Waals surface area (Å²) in [5.74, 6) is 0. The molecule has 0 aliphatic carbocycles. The van der Waals surface area contributed by atoms with Gasteiger partial charge in [0.2, 0.25) is 0 Å². The van der Waals surface area contributed by atoms with Gasteiger partial charge in [0.25, 0.3) is 0 Å². The fourth-order valence-corrected chi connectivity index (χ4v) is 1.78. The van der Waals surface area contributed by atoms with Crippen LogP contribution in [-0.4, -0.2) is 37.8 Å². The second-order valence-corrected chi connectivity index (χ2v) is 4.27. The van der Waals surface area contributed by atoms with Crippen LogP contribution in [0.5, 0.6) is 0 Å². The fraction of sp³-hybridized carbons (Fsp3) is 0.714. The highest BCUT2D eigenvalue weighted by Crippen LogP contribution is 2.20. The molecule has 14 heavy (non-hydrogen) atoms. The predicted octanol–water partition coefficient (Wildman–Crippen LogP) is -1.09. The molecule has 0 fully saturated rings. The van der Waals surface area contributed by atoms with E-state index < -0.39 is 0 Å². The van der Waals surface area contributed by atoms with Crippen LogP contribution >= 0.6 is 11.8 Å². The number of hydrogen-bond donors (Lipinski definition) is 3. The molecule has 1 heterocycles. The fourth-order valence-electron chi connectivity index (χ4n) is 0.884. The average Bonchev–Trinajstić information content (AvgIpc) is 2.44. The van der Waals surface area contributed by atoms with Crippen molar-refractivity contribution in [2.75, 3.05) is 6.61 Å². The summed E-state index contributed by atoms with van der Waals surface area (Å²) in [7, 11) is 1.61. The molecule has 0 amide bonds. The van der Waals surface area contributed by atoms with E-state index in [1.54, 1.807) is 14.0 Å². The van der Waals surface area contributed by atoms with Crippen LogP contribution in [0.25, 0.3) is 0 Å². The standard InChI is InChI=1S/C7H14N4O2S/c1-4(8)5(3-12)14-7-10-9-6(13)11(7)2/h4-5,12H,3,8H2,1-2H3,(H,9,13). The Morgan fingerprint density at radius 1 is 1.79 bits per heavy atom. The quantitative estimate of drug-likeness (QED) is 0.558. The molecule has 0 spiro atoms. The number of nitrogens with zero attached hydrogens (tertiary/aromatic N) is 2. The van der Waals surface area contributed by atoms with Gasteiger partial charge in [-0.15, -0.1) is 5.10 Å². The van der Waals surface area contributed by atoms with Crippen LogP contribution in [0.4, 0.5) is 0 Å². The van der Waals surface area contributed by atoms with E-state index >= 15 is 0 Å². The lowest BCUT2D eigenvalue weighted by Crippen LogP contribution is -2.32. The van der Waals surface area contributed by atoms with Crippen LogP contribution in [-0.2, 0) is 7.05 Å². The van der Waals surface area contributed by atoms with Gasteiger partial charge in [0.1, 0.15) is 0 Å². The van der Waals surface area contributed by atoms with E-state index in [9.17, 15) is 4.79 Å². The van der Waals surface area contributed by atoms with Gasteiger partial charge in [-0.3, -0.25) is 4.57 Å². The summed E-state index contributed by atoms with van der Waals surface area (Å²) < 4.78 is 1.38. The second-order valence-electron chi connectivity index (χ2n) is 3.07. The van der Waals surface area contributed by atoms with Crippen LogP contribution in [0.2, 0.25) is 0 Å². The lowest BCUT2D eigenvalue weighted by atomic mass is 10.3. The number of aromatic nitrogens is 3. The lowest BCUT2D eigenvalue weighted by Gasteiger charge is -2.16. The van der Waals surface area contributed by atoms with Crippen LogP contribution < -0.4 is 11.4 Å². The summed E-state index contributed by atoms with van der Waals surface area (Å²) in [6.07, 6.45) is 0. The molecule has 7 heteroatoms. The molecule has 0 aliphatic rings. The van der Waals surface area contributed by atoms with Crippen molar-refractivity contribution < 1.29 is 5.11 Å². The third-order valence-corrected chi connectivity index (χ3v) is 3.32. The van der Waals surface area contributed by atoms with Crippen molar-refractivity contribution in [3.8, 4) is 0 Å². The Balaban J connectivity index is 2.77. The van der Waals surface area contributed by atoms with Gasteiger partial charge in [0, 0.05) is 13.1 Å². The molecule has 4 N–H and O–H groups in total. The molecule has 0 aliphatic heterocycles. The summed E-state index contributed by atoms with van der Waals surface area (Å²) in [5, 5.41) is 15.5. The second kappa shape index (κ2) is 4.63. The van der Waals surface area contributed by atoms with Crippen LogP contribution in [0.15, 0.2) is 9.95 Å². The van der Waals surface area contributed by atoms with E-state index in [4.69, 9.17) is 10.8 Å². The minimum atomic E-state index is -0.270. The number of aliphatic hydroxyl groups excluding tert-OH is 1. The smallest absolute Gasteiger partial charge is 0.343 e. The van der Waals surface area contributed by atoms with E-state index in [1.807, 2.05) is 0 Å². The van der Waals surface area contributed by atoms with E-state index in [2.05, 4.69) is 10.2 Å². The number of hydrogen-bond acceptors (Lipinski definition) is 5. The maximum atomic E-state index is 11.0. The highest BCUT2D eigenvalue weighted by Gasteiger charge is 2.17. The summed E-state index contributed by atoms with van der Waals surface area (Å²) in [5.41, 5.74) is 5.38. The Hall–Kier alpha value is -0.790. The molecule has 2 unspecified atom stereocenters. The zero-order valence-corrected chi connectivity index (χ0v) is 8.91. The van der Waals surface area contributed by atoms with Crippen molar-refractivity contribution in [3.63, 3.8) is 0 Å². The number of nitrogens with two attached hydrogens (primary N) is 1. The Kier molecular flexibility index (Phi) is 3.73. The topological polar surface area (TPSA) is 96.9 Å². The Labute approximate surface area is 85.5 Å². The zero-order chi connectivity index (χ0) is 10.7. The summed E-state index contributed by atoms with van der Waals surface area (Å²) in [6, 6.07) is -0.156. The molecule has 0 saturated carbocycles. The summed E-state index contributed by atoms with van der Waals surface area (Å²) in [6.45, 7) is 1.77. The van der Waals surface area contributed by atoms with Gasteiger partial charge in [-0.25, -0.2) is 9.89 Å². The number of aliphatic hydroxyl groups is 1. The first kappa shape index (κ1) is 11.3. The lowest BCUT2D eigenvalue weighted by molar-refractivity contribution is 0.285.